The van der Waals surface area contributed by atoms with Gasteiger partial charge in [-0.25, -0.2) is 0 Å². The predicted octanol–water partition coefficient (Wildman–Crippen LogP) is 2.92. The van der Waals surface area contributed by atoms with Crippen LogP contribution in [0.1, 0.15) is 35.2 Å². The van der Waals surface area contributed by atoms with Crippen molar-refractivity contribution in [2.75, 3.05) is 13.1 Å². The molecule has 7 heteroatoms. The van der Waals surface area contributed by atoms with Gasteiger partial charge >= 0.3 is 0 Å². The van der Waals surface area contributed by atoms with Crippen molar-refractivity contribution in [2.24, 2.45) is 0 Å². The molecule has 3 aromatic rings. The van der Waals surface area contributed by atoms with Crippen molar-refractivity contribution in [3.63, 3.8) is 0 Å². The number of aromatic nitrogens is 2. The van der Waals surface area contributed by atoms with Gasteiger partial charge in [-0.05, 0) is 25.0 Å². The van der Waals surface area contributed by atoms with Gasteiger partial charge in [-0.2, -0.15) is 4.98 Å². The number of likely N-dealkylation sites (tertiary alicyclic amines) is 1. The Hall–Kier alpha value is -3.22. The average Bonchev–Trinajstić information content (AvgIpc) is 3.40. The van der Waals surface area contributed by atoms with Crippen LogP contribution in [0.4, 0.5) is 0 Å². The molecule has 132 valence electrons. The number of Topliss-reactive ketones (excluding diaryl/α,β-unsaturated/α-hetero) is 1. The summed E-state index contributed by atoms with van der Waals surface area (Å²) in [5.74, 6) is -0.204. The van der Waals surface area contributed by atoms with Crippen molar-refractivity contribution < 1.29 is 18.5 Å². The molecule has 1 atom stereocenters. The summed E-state index contributed by atoms with van der Waals surface area (Å²) in [6.45, 7) is 0.906. The number of piperidine rings is 1. The van der Waals surface area contributed by atoms with Crippen LogP contribution in [0, 0.1) is 0 Å². The zero-order valence-corrected chi connectivity index (χ0v) is 14.0. The van der Waals surface area contributed by atoms with E-state index in [1.54, 1.807) is 6.07 Å². The lowest BCUT2D eigenvalue weighted by atomic mass is 9.97. The summed E-state index contributed by atoms with van der Waals surface area (Å²) in [7, 11) is 0. The summed E-state index contributed by atoms with van der Waals surface area (Å²) in [6.07, 6.45) is 2.98. The first-order valence-corrected chi connectivity index (χ1v) is 8.48. The number of hydrogen-bond donors (Lipinski definition) is 0. The Morgan fingerprint density at radius 1 is 1.12 bits per heavy atom. The molecule has 0 unspecified atom stereocenters. The number of hydrogen-bond acceptors (Lipinski definition) is 6. The fourth-order valence-corrected chi connectivity index (χ4v) is 3.13. The number of carbonyl (C=O) groups is 2. The van der Waals surface area contributed by atoms with Crippen LogP contribution in [0.5, 0.6) is 0 Å². The highest BCUT2D eigenvalue weighted by Crippen LogP contribution is 2.28. The van der Waals surface area contributed by atoms with Crippen LogP contribution >= 0.6 is 0 Å². The average molecular weight is 351 g/mol. The van der Waals surface area contributed by atoms with Gasteiger partial charge < -0.3 is 13.8 Å². The van der Waals surface area contributed by atoms with Crippen LogP contribution in [-0.4, -0.2) is 39.8 Å². The third-order valence-electron chi connectivity index (χ3n) is 4.47. The number of furan rings is 1. The molecular weight excluding hydrogens is 334 g/mol. The Bertz CT molecular complexity index is 902. The van der Waals surface area contributed by atoms with E-state index >= 15 is 0 Å². The highest BCUT2D eigenvalue weighted by Gasteiger charge is 2.32. The highest BCUT2D eigenvalue weighted by atomic mass is 16.5. The van der Waals surface area contributed by atoms with Crippen molar-refractivity contribution in [2.45, 2.75) is 18.8 Å². The molecule has 0 N–H and O–H groups in total. The molecule has 0 aliphatic carbocycles. The Labute approximate surface area is 149 Å². The number of amides is 1. The SMILES string of the molecule is O=C(C(=O)N1CCC[C@H](c2nc(-c3ccccc3)no2)C1)c1ccco1. The molecule has 0 radical (unpaired) electrons. The zero-order chi connectivity index (χ0) is 17.9. The Balaban J connectivity index is 1.48. The largest absolute Gasteiger partial charge is 0.461 e. The van der Waals surface area contributed by atoms with E-state index in [4.69, 9.17) is 8.94 Å². The molecule has 1 fully saturated rings. The van der Waals surface area contributed by atoms with Crippen molar-refractivity contribution >= 4 is 11.7 Å². The molecule has 0 bridgehead atoms. The summed E-state index contributed by atoms with van der Waals surface area (Å²) in [4.78, 5) is 30.7. The van der Waals surface area contributed by atoms with Crippen molar-refractivity contribution in [1.82, 2.24) is 15.0 Å². The van der Waals surface area contributed by atoms with Crippen molar-refractivity contribution in [3.05, 3.63) is 60.4 Å². The van der Waals surface area contributed by atoms with Gasteiger partial charge in [-0.1, -0.05) is 35.5 Å². The maximum Gasteiger partial charge on any atom is 0.298 e. The van der Waals surface area contributed by atoms with E-state index in [9.17, 15) is 9.59 Å². The molecular formula is C19H17N3O4. The lowest BCUT2D eigenvalue weighted by Crippen LogP contribution is -2.42. The number of benzene rings is 1. The summed E-state index contributed by atoms with van der Waals surface area (Å²) < 4.78 is 10.4. The molecule has 0 saturated carbocycles. The Morgan fingerprint density at radius 2 is 1.96 bits per heavy atom. The lowest BCUT2D eigenvalue weighted by molar-refractivity contribution is -0.127. The van der Waals surface area contributed by atoms with Crippen LogP contribution in [0.25, 0.3) is 11.4 Å². The molecule has 0 spiro atoms. The monoisotopic (exact) mass is 351 g/mol. The third kappa shape index (κ3) is 3.15. The number of ketones is 1. The van der Waals surface area contributed by atoms with Gasteiger partial charge in [0.25, 0.3) is 11.7 Å². The van der Waals surface area contributed by atoms with Crippen LogP contribution < -0.4 is 0 Å². The maximum absolute atomic E-state index is 12.4. The molecule has 1 aliphatic heterocycles. The fourth-order valence-electron chi connectivity index (χ4n) is 3.13. The molecule has 1 aliphatic rings. The summed E-state index contributed by atoms with van der Waals surface area (Å²) in [5, 5.41) is 4.04. The summed E-state index contributed by atoms with van der Waals surface area (Å²) in [6, 6.07) is 12.6. The molecule has 26 heavy (non-hydrogen) atoms. The van der Waals surface area contributed by atoms with Gasteiger partial charge in [0.2, 0.25) is 11.7 Å². The topological polar surface area (TPSA) is 89.4 Å². The summed E-state index contributed by atoms with van der Waals surface area (Å²) in [5.41, 5.74) is 0.874. The second-order valence-electron chi connectivity index (χ2n) is 6.22. The van der Waals surface area contributed by atoms with Gasteiger partial charge in [0.1, 0.15) is 0 Å². The lowest BCUT2D eigenvalue weighted by Gasteiger charge is -2.30. The predicted molar refractivity (Wildman–Crippen MR) is 91.3 cm³/mol. The van der Waals surface area contributed by atoms with Gasteiger partial charge in [0.15, 0.2) is 5.76 Å². The zero-order valence-electron chi connectivity index (χ0n) is 14.0. The van der Waals surface area contributed by atoms with Crippen LogP contribution in [0.15, 0.2) is 57.7 Å². The van der Waals surface area contributed by atoms with Gasteiger partial charge in [-0.15, -0.1) is 0 Å². The molecule has 1 aromatic carbocycles. The fraction of sp³-hybridized carbons (Fsp3) is 0.263. The van der Waals surface area contributed by atoms with E-state index in [1.165, 1.54) is 17.2 Å². The van der Waals surface area contributed by atoms with Crippen LogP contribution in [0.2, 0.25) is 0 Å². The van der Waals surface area contributed by atoms with E-state index in [0.717, 1.165) is 18.4 Å². The molecule has 7 nitrogen and oxygen atoms in total. The van der Waals surface area contributed by atoms with Crippen LogP contribution in [-0.2, 0) is 4.79 Å². The first-order valence-electron chi connectivity index (χ1n) is 8.48. The van der Waals surface area contributed by atoms with Gasteiger partial charge in [0.05, 0.1) is 12.2 Å². The van der Waals surface area contributed by atoms with E-state index in [0.29, 0.717) is 24.8 Å². The van der Waals surface area contributed by atoms with Gasteiger partial charge in [-0.3, -0.25) is 9.59 Å². The smallest absolute Gasteiger partial charge is 0.298 e. The van der Waals surface area contributed by atoms with Crippen LogP contribution in [0.3, 0.4) is 0 Å². The molecule has 2 aromatic heterocycles. The normalized spacial score (nSPS) is 17.2. The first kappa shape index (κ1) is 16.3. The molecule has 3 heterocycles. The molecule has 1 saturated heterocycles. The van der Waals surface area contributed by atoms with Crippen molar-refractivity contribution in [3.8, 4) is 11.4 Å². The van der Waals surface area contributed by atoms with E-state index in [-0.39, 0.29) is 11.7 Å². The molecule has 4 rings (SSSR count). The number of rotatable bonds is 4. The molecule has 1 amide bonds. The van der Waals surface area contributed by atoms with E-state index in [1.807, 2.05) is 30.3 Å². The number of carbonyl (C=O) groups excluding carboxylic acids is 2. The van der Waals surface area contributed by atoms with Crippen molar-refractivity contribution in [1.29, 1.82) is 0 Å². The Kier molecular flexibility index (Phi) is 4.35. The quantitative estimate of drug-likeness (QED) is 0.530. The third-order valence-corrected chi connectivity index (χ3v) is 4.47. The first-order chi connectivity index (χ1) is 12.7. The maximum atomic E-state index is 12.4. The van der Waals surface area contributed by atoms with Gasteiger partial charge in [0, 0.05) is 18.7 Å². The van der Waals surface area contributed by atoms with E-state index in [2.05, 4.69) is 10.1 Å². The summed E-state index contributed by atoms with van der Waals surface area (Å²) >= 11 is 0. The minimum Gasteiger partial charge on any atom is -0.461 e. The standard InChI is InChI=1S/C19H17N3O4/c23-16(15-9-5-11-25-15)19(24)22-10-4-8-14(12-22)18-20-17(21-26-18)13-6-2-1-3-7-13/h1-3,5-7,9,11,14H,4,8,10,12H2/t14-/m0/s1. The highest BCUT2D eigenvalue weighted by molar-refractivity contribution is 6.41. The number of nitrogens with zero attached hydrogens (tertiary/aromatic N) is 3. The minimum absolute atomic E-state index is 0.0567. The Morgan fingerprint density at radius 3 is 2.73 bits per heavy atom. The van der Waals surface area contributed by atoms with E-state index < -0.39 is 11.7 Å². The minimum atomic E-state index is -0.633. The second-order valence-corrected chi connectivity index (χ2v) is 6.22. The second kappa shape index (κ2) is 6.95.